The minimum Gasteiger partial charge on any atom is -0.316 e. The molecule has 102 valence electrons. The summed E-state index contributed by atoms with van der Waals surface area (Å²) in [5, 5.41) is 5.19. The van der Waals surface area contributed by atoms with Gasteiger partial charge >= 0.3 is 0 Å². The molecule has 0 amide bonds. The molecule has 1 atom stereocenters. The van der Waals surface area contributed by atoms with Gasteiger partial charge in [0.2, 0.25) is 10.0 Å². The molecule has 0 radical (unpaired) electrons. The van der Waals surface area contributed by atoms with Crippen LogP contribution in [0.4, 0.5) is 0 Å². The van der Waals surface area contributed by atoms with E-state index >= 15 is 0 Å². The lowest BCUT2D eigenvalue weighted by molar-refractivity contribution is 0.402. The molecule has 1 aromatic heterocycles. The molecule has 18 heavy (non-hydrogen) atoms. The molecule has 1 fully saturated rings. The largest absolute Gasteiger partial charge is 0.316 e. The van der Waals surface area contributed by atoms with Gasteiger partial charge in [-0.05, 0) is 53.8 Å². The summed E-state index contributed by atoms with van der Waals surface area (Å²) in [6.45, 7) is 2.21. The Kier molecular flexibility index (Phi) is 5.20. The normalized spacial score (nSPS) is 21.1. The van der Waals surface area contributed by atoms with Gasteiger partial charge in [0.25, 0.3) is 0 Å². The molecule has 0 aromatic carbocycles. The van der Waals surface area contributed by atoms with Gasteiger partial charge in [0, 0.05) is 21.3 Å². The van der Waals surface area contributed by atoms with Gasteiger partial charge in [-0.15, -0.1) is 11.3 Å². The van der Waals surface area contributed by atoms with E-state index in [1.165, 1.54) is 0 Å². The summed E-state index contributed by atoms with van der Waals surface area (Å²) in [6, 6.07) is 1.94. The van der Waals surface area contributed by atoms with Crippen molar-refractivity contribution >= 4 is 37.3 Å². The topological polar surface area (TPSA) is 58.2 Å². The van der Waals surface area contributed by atoms with E-state index in [2.05, 4.69) is 26.0 Å². The first kappa shape index (κ1) is 14.5. The third-order valence-electron chi connectivity index (χ3n) is 2.94. The minimum absolute atomic E-state index is 0.229. The molecule has 7 heteroatoms. The lowest BCUT2D eigenvalue weighted by atomic mass is 10.0. The molecule has 0 spiro atoms. The Bertz CT molecular complexity index is 481. The molecule has 2 N–H and O–H groups in total. The molecule has 0 aliphatic carbocycles. The second-order valence-corrected chi connectivity index (χ2v) is 8.31. The molecule has 2 heterocycles. The van der Waals surface area contributed by atoms with Gasteiger partial charge in [-0.1, -0.05) is 0 Å². The third kappa shape index (κ3) is 4.62. The molecule has 1 aliphatic heterocycles. The summed E-state index contributed by atoms with van der Waals surface area (Å²) in [5.74, 6) is 0.471. The summed E-state index contributed by atoms with van der Waals surface area (Å²) < 4.78 is 27.5. The Morgan fingerprint density at radius 2 is 2.39 bits per heavy atom. The van der Waals surface area contributed by atoms with E-state index in [-0.39, 0.29) is 11.7 Å². The summed E-state index contributed by atoms with van der Waals surface area (Å²) in [5.41, 5.74) is 0. The van der Waals surface area contributed by atoms with Crippen molar-refractivity contribution in [2.24, 2.45) is 5.92 Å². The van der Waals surface area contributed by atoms with Crippen molar-refractivity contribution in [3.8, 4) is 0 Å². The van der Waals surface area contributed by atoms with Crippen molar-refractivity contribution in [1.82, 2.24) is 10.0 Å². The van der Waals surface area contributed by atoms with E-state index in [1.54, 1.807) is 11.3 Å². The lowest BCUT2D eigenvalue weighted by Gasteiger charge is -2.22. The zero-order valence-corrected chi connectivity index (χ0v) is 13.2. The fourth-order valence-electron chi connectivity index (χ4n) is 2.06. The van der Waals surface area contributed by atoms with Gasteiger partial charge in [-0.2, -0.15) is 0 Å². The van der Waals surface area contributed by atoms with Crippen LogP contribution in [-0.4, -0.2) is 27.3 Å². The number of thiophene rings is 1. The van der Waals surface area contributed by atoms with Gasteiger partial charge in [-0.3, -0.25) is 0 Å². The maximum atomic E-state index is 11.9. The van der Waals surface area contributed by atoms with E-state index in [9.17, 15) is 8.42 Å². The highest BCUT2D eigenvalue weighted by atomic mass is 79.9. The van der Waals surface area contributed by atoms with Crippen LogP contribution in [0.15, 0.2) is 15.9 Å². The van der Waals surface area contributed by atoms with Crippen LogP contribution in [0.2, 0.25) is 0 Å². The number of hydrogen-bond acceptors (Lipinski definition) is 4. The van der Waals surface area contributed by atoms with Crippen molar-refractivity contribution < 1.29 is 8.42 Å². The summed E-state index contributed by atoms with van der Waals surface area (Å²) in [4.78, 5) is 1.02. The molecule has 1 aliphatic rings. The van der Waals surface area contributed by atoms with Crippen LogP contribution >= 0.6 is 27.3 Å². The smallest absolute Gasteiger partial charge is 0.212 e. The molecule has 1 saturated heterocycles. The predicted octanol–water partition coefficient (Wildman–Crippen LogP) is 1.93. The maximum absolute atomic E-state index is 11.9. The number of halogens is 1. The van der Waals surface area contributed by atoms with Crippen molar-refractivity contribution in [3.05, 3.63) is 20.8 Å². The third-order valence-corrected chi connectivity index (χ3v) is 6.13. The number of hydrogen-bond donors (Lipinski definition) is 2. The van der Waals surface area contributed by atoms with Crippen LogP contribution < -0.4 is 10.0 Å². The first-order chi connectivity index (χ1) is 8.55. The highest BCUT2D eigenvalue weighted by Gasteiger charge is 2.20. The molecule has 0 saturated carbocycles. The Balaban J connectivity index is 1.83. The molecule has 2 rings (SSSR count). The van der Waals surface area contributed by atoms with E-state index in [0.29, 0.717) is 6.54 Å². The Labute approximate surface area is 120 Å². The summed E-state index contributed by atoms with van der Waals surface area (Å²) in [6.07, 6.45) is 2.07. The van der Waals surface area contributed by atoms with Crippen molar-refractivity contribution in [3.63, 3.8) is 0 Å². The molecule has 0 bridgehead atoms. The molecule has 4 nitrogen and oxygen atoms in total. The quantitative estimate of drug-likeness (QED) is 0.851. The minimum atomic E-state index is -3.17. The van der Waals surface area contributed by atoms with Gasteiger partial charge < -0.3 is 5.32 Å². The lowest BCUT2D eigenvalue weighted by Crippen LogP contribution is -2.37. The fourth-order valence-corrected chi connectivity index (χ4v) is 4.94. The first-order valence-electron chi connectivity index (χ1n) is 5.96. The van der Waals surface area contributed by atoms with E-state index in [1.807, 2.05) is 11.4 Å². The van der Waals surface area contributed by atoms with E-state index < -0.39 is 10.0 Å². The maximum Gasteiger partial charge on any atom is 0.212 e. The van der Waals surface area contributed by atoms with Crippen LogP contribution in [0.3, 0.4) is 0 Å². The zero-order valence-electron chi connectivity index (χ0n) is 9.99. The Morgan fingerprint density at radius 1 is 1.56 bits per heavy atom. The van der Waals surface area contributed by atoms with Gasteiger partial charge in [0.05, 0.1) is 5.75 Å². The highest BCUT2D eigenvalue weighted by molar-refractivity contribution is 9.10. The second kappa shape index (κ2) is 6.47. The van der Waals surface area contributed by atoms with E-state index in [4.69, 9.17) is 0 Å². The summed E-state index contributed by atoms with van der Waals surface area (Å²) >= 11 is 4.91. The Morgan fingerprint density at radius 3 is 3.00 bits per heavy atom. The van der Waals surface area contributed by atoms with E-state index in [0.717, 1.165) is 35.3 Å². The first-order valence-corrected chi connectivity index (χ1v) is 9.28. The van der Waals surface area contributed by atoms with Crippen molar-refractivity contribution in [2.45, 2.75) is 19.4 Å². The molecular weight excluding hydrogens is 336 g/mol. The standard InChI is InChI=1S/C11H17BrN2O2S2/c12-10-4-11(17-7-10)6-14-18(15,16)8-9-2-1-3-13-5-9/h4,7,9,13-14H,1-3,5-6,8H2. The average molecular weight is 353 g/mol. The highest BCUT2D eigenvalue weighted by Crippen LogP contribution is 2.20. The SMILES string of the molecule is O=S(=O)(CC1CCCNC1)NCc1cc(Br)cs1. The van der Waals surface area contributed by atoms with Crippen LogP contribution in [0.5, 0.6) is 0 Å². The average Bonchev–Trinajstić information content (AvgIpc) is 2.74. The molecular formula is C11H17BrN2O2S2. The second-order valence-electron chi connectivity index (χ2n) is 4.55. The number of nitrogens with one attached hydrogen (secondary N) is 2. The number of piperidine rings is 1. The van der Waals surface area contributed by atoms with Crippen LogP contribution in [0.25, 0.3) is 0 Å². The van der Waals surface area contributed by atoms with Crippen LogP contribution in [0.1, 0.15) is 17.7 Å². The predicted molar refractivity (Wildman–Crippen MR) is 78.2 cm³/mol. The van der Waals surface area contributed by atoms with Gasteiger partial charge in [0.1, 0.15) is 0 Å². The molecule has 1 aromatic rings. The molecule has 1 unspecified atom stereocenters. The van der Waals surface area contributed by atoms with Crippen molar-refractivity contribution in [1.29, 1.82) is 0 Å². The van der Waals surface area contributed by atoms with Crippen LogP contribution in [0, 0.1) is 5.92 Å². The monoisotopic (exact) mass is 352 g/mol. The fraction of sp³-hybridized carbons (Fsp3) is 0.636. The van der Waals surface area contributed by atoms with Gasteiger partial charge in [0.15, 0.2) is 0 Å². The summed E-state index contributed by atoms with van der Waals surface area (Å²) in [7, 11) is -3.17. The number of rotatable bonds is 5. The Hall–Kier alpha value is 0.0500. The van der Waals surface area contributed by atoms with Crippen LogP contribution in [-0.2, 0) is 16.6 Å². The van der Waals surface area contributed by atoms with Gasteiger partial charge in [-0.25, -0.2) is 13.1 Å². The number of sulfonamides is 1. The zero-order chi connectivity index (χ0) is 13.0. The van der Waals surface area contributed by atoms with Crippen molar-refractivity contribution in [2.75, 3.05) is 18.8 Å².